The van der Waals surface area contributed by atoms with E-state index in [1.165, 1.54) is 35.0 Å². The molecule has 0 saturated carbocycles. The highest BCUT2D eigenvalue weighted by Crippen LogP contribution is 2.24. The molecule has 1 aliphatic heterocycles. The van der Waals surface area contributed by atoms with Crippen molar-refractivity contribution in [1.82, 2.24) is 19.8 Å². The van der Waals surface area contributed by atoms with Gasteiger partial charge in [0.15, 0.2) is 5.82 Å². The second kappa shape index (κ2) is 7.86. The van der Waals surface area contributed by atoms with Gasteiger partial charge in [-0.15, -0.1) is 10.2 Å². The summed E-state index contributed by atoms with van der Waals surface area (Å²) >= 11 is 1.28. The van der Waals surface area contributed by atoms with Gasteiger partial charge in [0, 0.05) is 18.2 Å². The van der Waals surface area contributed by atoms with Crippen LogP contribution in [0.15, 0.2) is 29.4 Å². The number of hydrogen-bond donors (Lipinski definition) is 1. The number of benzene rings is 1. The molecule has 0 spiro atoms. The number of amides is 1. The summed E-state index contributed by atoms with van der Waals surface area (Å²) in [5, 5.41) is 8.58. The predicted molar refractivity (Wildman–Crippen MR) is 95.9 cm³/mol. The summed E-state index contributed by atoms with van der Waals surface area (Å²) in [6.45, 7) is 2.95. The highest BCUT2D eigenvalue weighted by Gasteiger charge is 2.25. The average molecular weight is 363 g/mol. The fraction of sp³-hybridized carbons (Fsp3) is 0.471. The van der Waals surface area contributed by atoms with Crippen LogP contribution >= 0.6 is 11.8 Å². The van der Waals surface area contributed by atoms with E-state index < -0.39 is 0 Å². The fourth-order valence-corrected chi connectivity index (χ4v) is 3.88. The lowest BCUT2D eigenvalue weighted by molar-refractivity contribution is -0.132. The molecule has 1 aromatic carbocycles. The zero-order valence-corrected chi connectivity index (χ0v) is 15.0. The van der Waals surface area contributed by atoms with Crippen molar-refractivity contribution in [1.29, 1.82) is 0 Å². The summed E-state index contributed by atoms with van der Waals surface area (Å²) in [6, 6.07) is 6.24. The summed E-state index contributed by atoms with van der Waals surface area (Å²) in [5.41, 5.74) is 0.677. The molecule has 3 rings (SSSR count). The van der Waals surface area contributed by atoms with Crippen molar-refractivity contribution >= 4 is 17.7 Å². The third kappa shape index (κ3) is 3.95. The summed E-state index contributed by atoms with van der Waals surface area (Å²) < 4.78 is 14.4. The molecule has 134 valence electrons. The van der Waals surface area contributed by atoms with Crippen molar-refractivity contribution in [3.8, 4) is 11.4 Å². The molecule has 0 aliphatic carbocycles. The molecule has 1 fully saturated rings. The summed E-state index contributed by atoms with van der Waals surface area (Å²) in [7, 11) is 0. The van der Waals surface area contributed by atoms with Crippen LogP contribution in [0.1, 0.15) is 32.6 Å². The molecule has 2 heterocycles. The van der Waals surface area contributed by atoms with E-state index in [9.17, 15) is 9.18 Å². The Morgan fingerprint density at radius 1 is 1.32 bits per heavy atom. The Labute approximate surface area is 150 Å². The van der Waals surface area contributed by atoms with Crippen LogP contribution in [0.25, 0.3) is 11.4 Å². The summed E-state index contributed by atoms with van der Waals surface area (Å²) in [5.74, 6) is 6.57. The van der Waals surface area contributed by atoms with E-state index in [0.717, 1.165) is 25.8 Å². The first kappa shape index (κ1) is 17.7. The maximum Gasteiger partial charge on any atom is 0.233 e. The van der Waals surface area contributed by atoms with E-state index >= 15 is 0 Å². The van der Waals surface area contributed by atoms with Crippen molar-refractivity contribution in [3.05, 3.63) is 30.1 Å². The van der Waals surface area contributed by atoms with E-state index in [2.05, 4.69) is 17.1 Å². The lowest BCUT2D eigenvalue weighted by atomic mass is 10.0. The first-order valence-electron chi connectivity index (χ1n) is 8.49. The largest absolute Gasteiger partial charge is 0.339 e. The molecule has 0 radical (unpaired) electrons. The Kier molecular flexibility index (Phi) is 5.57. The fourth-order valence-electron chi connectivity index (χ4n) is 3.13. The number of carbonyl (C=O) groups excluding carboxylic acids is 1. The van der Waals surface area contributed by atoms with Crippen LogP contribution in [0.3, 0.4) is 0 Å². The molecule has 2 N–H and O–H groups in total. The lowest BCUT2D eigenvalue weighted by Crippen LogP contribution is -2.44. The SMILES string of the molecule is CC[C@H]1CCCCN1C(=O)CSc1nnc(-c2ccc(F)cc2)n1N. The van der Waals surface area contributed by atoms with Gasteiger partial charge in [0.25, 0.3) is 0 Å². The second-order valence-corrected chi connectivity index (χ2v) is 7.06. The van der Waals surface area contributed by atoms with Crippen molar-refractivity contribution in [2.75, 3.05) is 18.1 Å². The first-order chi connectivity index (χ1) is 12.1. The smallest absolute Gasteiger partial charge is 0.233 e. The maximum atomic E-state index is 13.0. The molecule has 0 bridgehead atoms. The number of carbonyl (C=O) groups is 1. The van der Waals surface area contributed by atoms with Crippen LogP contribution in [0.2, 0.25) is 0 Å². The van der Waals surface area contributed by atoms with E-state index in [-0.39, 0.29) is 17.5 Å². The van der Waals surface area contributed by atoms with Gasteiger partial charge in [-0.2, -0.15) is 0 Å². The monoisotopic (exact) mass is 363 g/mol. The topological polar surface area (TPSA) is 77.0 Å². The number of likely N-dealkylation sites (tertiary alicyclic amines) is 1. The van der Waals surface area contributed by atoms with Crippen molar-refractivity contribution < 1.29 is 9.18 Å². The van der Waals surface area contributed by atoms with Crippen LogP contribution < -0.4 is 5.84 Å². The minimum atomic E-state index is -0.320. The van der Waals surface area contributed by atoms with Crippen LogP contribution in [0.5, 0.6) is 0 Å². The van der Waals surface area contributed by atoms with Gasteiger partial charge < -0.3 is 10.7 Å². The second-order valence-electron chi connectivity index (χ2n) is 6.12. The van der Waals surface area contributed by atoms with E-state index in [0.29, 0.717) is 22.6 Å². The first-order valence-corrected chi connectivity index (χ1v) is 9.47. The van der Waals surface area contributed by atoms with Gasteiger partial charge in [-0.1, -0.05) is 18.7 Å². The number of piperidine rings is 1. The minimum Gasteiger partial charge on any atom is -0.339 e. The average Bonchev–Trinajstić information content (AvgIpc) is 3.01. The van der Waals surface area contributed by atoms with Gasteiger partial charge in [0.2, 0.25) is 11.1 Å². The number of rotatable bonds is 5. The Balaban J connectivity index is 1.65. The third-order valence-corrected chi connectivity index (χ3v) is 5.44. The standard InChI is InChI=1S/C17H22FN5OS/c1-2-14-5-3-4-10-22(14)15(24)11-25-17-21-20-16(23(17)19)12-6-8-13(18)9-7-12/h6-9,14H,2-5,10-11,19H2,1H3/t14-/m0/s1. The maximum absolute atomic E-state index is 13.0. The molecule has 1 saturated heterocycles. The molecule has 1 amide bonds. The summed E-state index contributed by atoms with van der Waals surface area (Å²) in [6.07, 6.45) is 4.31. The minimum absolute atomic E-state index is 0.114. The molecule has 8 heteroatoms. The summed E-state index contributed by atoms with van der Waals surface area (Å²) in [4.78, 5) is 14.5. The van der Waals surface area contributed by atoms with Gasteiger partial charge >= 0.3 is 0 Å². The van der Waals surface area contributed by atoms with Gasteiger partial charge in [0.1, 0.15) is 5.82 Å². The number of nitrogen functional groups attached to an aromatic ring is 1. The molecule has 1 aromatic heterocycles. The van der Waals surface area contributed by atoms with Crippen LogP contribution in [0.4, 0.5) is 4.39 Å². The third-order valence-electron chi connectivity index (χ3n) is 4.51. The highest BCUT2D eigenvalue weighted by atomic mass is 32.2. The van der Waals surface area contributed by atoms with Gasteiger partial charge in [0.05, 0.1) is 5.75 Å². The number of halogens is 1. The number of hydrogen-bond acceptors (Lipinski definition) is 5. The van der Waals surface area contributed by atoms with Gasteiger partial charge in [-0.25, -0.2) is 9.07 Å². The van der Waals surface area contributed by atoms with Crippen molar-refractivity contribution in [2.24, 2.45) is 0 Å². The Morgan fingerprint density at radius 3 is 2.80 bits per heavy atom. The highest BCUT2D eigenvalue weighted by molar-refractivity contribution is 7.99. The Morgan fingerprint density at radius 2 is 2.08 bits per heavy atom. The number of thioether (sulfide) groups is 1. The van der Waals surface area contributed by atoms with Crippen molar-refractivity contribution in [3.63, 3.8) is 0 Å². The molecule has 2 aromatic rings. The lowest BCUT2D eigenvalue weighted by Gasteiger charge is -2.35. The molecule has 0 unspecified atom stereocenters. The molecule has 1 aliphatic rings. The molecule has 1 atom stereocenters. The quantitative estimate of drug-likeness (QED) is 0.653. The molecular formula is C17H22FN5OS. The number of aromatic nitrogens is 3. The van der Waals surface area contributed by atoms with E-state index in [4.69, 9.17) is 5.84 Å². The van der Waals surface area contributed by atoms with Gasteiger partial charge in [-0.3, -0.25) is 4.79 Å². The molecule has 25 heavy (non-hydrogen) atoms. The van der Waals surface area contributed by atoms with Gasteiger partial charge in [-0.05, 0) is 49.9 Å². The van der Waals surface area contributed by atoms with Crippen molar-refractivity contribution in [2.45, 2.75) is 43.8 Å². The zero-order chi connectivity index (χ0) is 17.8. The Hall–Kier alpha value is -2.09. The molecule has 6 nitrogen and oxygen atoms in total. The molecular weight excluding hydrogens is 341 g/mol. The number of nitrogens with two attached hydrogens (primary N) is 1. The van der Waals surface area contributed by atoms with Crippen LogP contribution in [0, 0.1) is 5.82 Å². The predicted octanol–water partition coefficient (Wildman–Crippen LogP) is 2.68. The Bertz CT molecular complexity index is 733. The zero-order valence-electron chi connectivity index (χ0n) is 14.2. The van der Waals surface area contributed by atoms with E-state index in [1.54, 1.807) is 12.1 Å². The van der Waals surface area contributed by atoms with Crippen LogP contribution in [-0.4, -0.2) is 44.0 Å². The number of nitrogens with zero attached hydrogens (tertiary/aromatic N) is 4. The normalized spacial score (nSPS) is 17.7. The van der Waals surface area contributed by atoms with E-state index in [1.807, 2.05) is 4.90 Å². The van der Waals surface area contributed by atoms with Crippen LogP contribution in [-0.2, 0) is 4.79 Å².